The van der Waals surface area contributed by atoms with Gasteiger partial charge >= 0.3 is 43.2 Å². The van der Waals surface area contributed by atoms with Gasteiger partial charge in [0.25, 0.3) is 0 Å². The van der Waals surface area contributed by atoms with Crippen LogP contribution in [0.3, 0.4) is 0 Å². The van der Waals surface area contributed by atoms with Gasteiger partial charge < -0.3 is 1.43 Å². The molecule has 0 unspecified atom stereocenters. The van der Waals surface area contributed by atoms with E-state index < -0.39 is 0 Å². The predicted octanol–water partition coefficient (Wildman–Crippen LogP) is -3.01. The van der Waals surface area contributed by atoms with Crippen LogP contribution in [0.25, 0.3) is 0 Å². The van der Waals surface area contributed by atoms with Gasteiger partial charge in [0.2, 0.25) is 0 Å². The molecule has 4 heteroatoms. The monoisotopic (exact) mass is 263 g/mol. The van der Waals surface area contributed by atoms with Gasteiger partial charge in [0.05, 0.1) is 0 Å². The second-order valence-electron chi connectivity index (χ2n) is 0. The molecule has 0 saturated carbocycles. The van der Waals surface area contributed by atoms with Crippen LogP contribution in [0.1, 0.15) is 1.43 Å². The van der Waals surface area contributed by atoms with Crippen LogP contribution in [0.15, 0.2) is 0 Å². The third-order valence-electron chi connectivity index (χ3n) is 0. The Morgan fingerprint density at radius 3 is 1.50 bits per heavy atom. The average Bonchev–Trinajstić information content (AvgIpc) is 1.00. The molecule has 1 nitrogen and oxygen atoms in total. The van der Waals surface area contributed by atoms with Gasteiger partial charge in [-0.25, -0.2) is 0 Å². The maximum absolute atomic E-state index is 8.36. The quantitative estimate of drug-likeness (QED) is 0.426. The van der Waals surface area contributed by atoms with Crippen molar-refractivity contribution in [2.75, 3.05) is 0 Å². The normalized spacial score (nSPS) is 0.750. The summed E-state index contributed by atoms with van der Waals surface area (Å²) in [6.45, 7) is 0. The second-order valence-corrected chi connectivity index (χ2v) is 0. The molecule has 0 aromatic carbocycles. The molecule has 23 valence electrons. The molecule has 0 aromatic rings. The zero-order valence-electron chi connectivity index (χ0n) is 3.17. The van der Waals surface area contributed by atoms with E-state index in [2.05, 4.69) is 0 Å². The summed E-state index contributed by atoms with van der Waals surface area (Å²) < 4.78 is 8.36. The molecular weight excluding hydrogens is 263 g/mol. The van der Waals surface area contributed by atoms with Gasteiger partial charge in [-0.15, -0.1) is 0 Å². The molecule has 0 heterocycles. The molecule has 0 fully saturated rings. The Morgan fingerprint density at radius 2 is 1.50 bits per heavy atom. The molecule has 0 bridgehead atoms. The molecule has 0 rings (SSSR count). The first-order valence-corrected chi connectivity index (χ1v) is 1.49. The Hall–Kier alpha value is 1.63. The summed E-state index contributed by atoms with van der Waals surface area (Å²) in [7, 11) is 0. The van der Waals surface area contributed by atoms with Crippen molar-refractivity contribution in [1.82, 2.24) is 0 Å². The van der Waals surface area contributed by atoms with Crippen LogP contribution in [-0.4, -0.2) is 0 Å². The fourth-order valence-corrected chi connectivity index (χ4v) is 0. The molecule has 0 radical (unpaired) electrons. The summed E-state index contributed by atoms with van der Waals surface area (Å²) in [6, 6.07) is 0. The maximum atomic E-state index is 8.36. The van der Waals surface area contributed by atoms with Crippen molar-refractivity contribution in [2.45, 2.75) is 0 Å². The minimum absolute atomic E-state index is 0. The van der Waals surface area contributed by atoms with E-state index in [9.17, 15) is 0 Å². The van der Waals surface area contributed by atoms with Gasteiger partial charge in [0.15, 0.2) is 0 Å². The Balaban J connectivity index is -0.00000000167. The molecule has 0 spiro atoms. The zero-order valence-corrected chi connectivity index (χ0v) is 6.37. The van der Waals surface area contributed by atoms with E-state index in [-0.39, 0.29) is 57.8 Å². The van der Waals surface area contributed by atoms with E-state index in [1.807, 2.05) is 0 Å². The molecule has 0 aliphatic heterocycles. The summed E-state index contributed by atoms with van der Waals surface area (Å²) >= 11 is 0.194. The van der Waals surface area contributed by atoms with Gasteiger partial charge in [0.1, 0.15) is 0 Å². The van der Waals surface area contributed by atoms with E-state index in [0.717, 1.165) is 0 Å². The fourth-order valence-electron chi connectivity index (χ4n) is 0. The first-order valence-electron chi connectivity index (χ1n) is 0.183. The van der Waals surface area contributed by atoms with Crippen LogP contribution in [0, 0.1) is 0 Å². The molecular formula is HLiNiOTa. The van der Waals surface area contributed by atoms with Crippen LogP contribution < -0.4 is 18.9 Å². The van der Waals surface area contributed by atoms with Gasteiger partial charge in [-0.3, -0.25) is 0 Å². The molecule has 4 heavy (non-hydrogen) atoms. The van der Waals surface area contributed by atoms with Gasteiger partial charge in [0, 0.05) is 16.5 Å². The van der Waals surface area contributed by atoms with Crippen LogP contribution in [-0.2, 0) is 40.8 Å². The van der Waals surface area contributed by atoms with Crippen molar-refractivity contribution in [2.24, 2.45) is 0 Å². The van der Waals surface area contributed by atoms with Crippen LogP contribution in [0.5, 0.6) is 0 Å². The van der Waals surface area contributed by atoms with Crippen molar-refractivity contribution in [3.8, 4) is 0 Å². The van der Waals surface area contributed by atoms with E-state index in [0.29, 0.717) is 0 Å². The summed E-state index contributed by atoms with van der Waals surface area (Å²) in [4.78, 5) is 0. The molecule has 0 aromatic heterocycles. The SMILES string of the molecule is [H-].[Li+].[Ni].[O]=[Ta]. The van der Waals surface area contributed by atoms with Gasteiger partial charge in [-0.05, 0) is 0 Å². The standard InChI is InChI=1S/Li.Ni.O.Ta.H/q+1;;;;-1. The van der Waals surface area contributed by atoms with Crippen LogP contribution in [0.4, 0.5) is 0 Å². The Morgan fingerprint density at radius 1 is 1.50 bits per heavy atom. The van der Waals surface area contributed by atoms with E-state index in [4.69, 9.17) is 3.25 Å². The van der Waals surface area contributed by atoms with Gasteiger partial charge in [-0.1, -0.05) is 0 Å². The Labute approximate surface area is 60.7 Å². The van der Waals surface area contributed by atoms with Crippen molar-refractivity contribution in [3.63, 3.8) is 0 Å². The van der Waals surface area contributed by atoms with Gasteiger partial charge in [-0.2, -0.15) is 0 Å². The summed E-state index contributed by atoms with van der Waals surface area (Å²) in [5, 5.41) is 0. The zero-order chi connectivity index (χ0) is 2.00. The summed E-state index contributed by atoms with van der Waals surface area (Å²) in [5.74, 6) is 0. The number of rotatable bonds is 0. The number of hydrogen-bond donors (Lipinski definition) is 0. The van der Waals surface area contributed by atoms with E-state index in [1.54, 1.807) is 0 Å². The molecule has 0 saturated heterocycles. The molecule has 0 atom stereocenters. The average molecular weight is 264 g/mol. The fraction of sp³-hybridized carbons (Fsp3) is 0. The molecule has 0 aliphatic carbocycles. The topological polar surface area (TPSA) is 17.1 Å². The second kappa shape index (κ2) is 23.0. The third kappa shape index (κ3) is 9.45. The number of hydrogen-bond acceptors (Lipinski definition) is 1. The third-order valence-corrected chi connectivity index (χ3v) is 0. The van der Waals surface area contributed by atoms with Crippen molar-refractivity contribution in [3.05, 3.63) is 0 Å². The predicted molar refractivity (Wildman–Crippen MR) is 1.80 cm³/mol. The van der Waals surface area contributed by atoms with E-state index >= 15 is 0 Å². The van der Waals surface area contributed by atoms with Crippen molar-refractivity contribution >= 4 is 0 Å². The Bertz CT molecular complexity index is 11.6. The molecule has 0 aliphatic rings. The minimum atomic E-state index is 0. The van der Waals surface area contributed by atoms with Crippen molar-refractivity contribution in [1.29, 1.82) is 0 Å². The Kier molecular flexibility index (Phi) is 100. The molecule has 0 amide bonds. The van der Waals surface area contributed by atoms with Crippen molar-refractivity contribution < 1.29 is 61.1 Å². The van der Waals surface area contributed by atoms with Crippen LogP contribution >= 0.6 is 0 Å². The first kappa shape index (κ1) is 17.4. The first-order chi connectivity index (χ1) is 1.00. The summed E-state index contributed by atoms with van der Waals surface area (Å²) in [6.07, 6.45) is 0. The van der Waals surface area contributed by atoms with Crippen LogP contribution in [0.2, 0.25) is 0 Å². The summed E-state index contributed by atoms with van der Waals surface area (Å²) in [5.41, 5.74) is 0. The molecule has 0 N–H and O–H groups in total. The van der Waals surface area contributed by atoms with E-state index in [1.165, 1.54) is 0 Å².